The third-order valence-electron chi connectivity index (χ3n) is 8.70. The van der Waals surface area contributed by atoms with E-state index in [1.807, 2.05) is 0 Å². The normalized spacial score (nSPS) is 28.0. The molecule has 1 aromatic rings. The number of Topliss-reactive ketones (excluding diaryl/α,β-unsaturated/α-hetero) is 1. The molecule has 0 radical (unpaired) electrons. The number of carbonyl (C=O) groups excluding carboxylic acids is 5. The summed E-state index contributed by atoms with van der Waals surface area (Å²) in [4.78, 5) is 75.0. The Hall–Kier alpha value is -3.71. The maximum Gasteiger partial charge on any atom is 0.311 e. The van der Waals surface area contributed by atoms with Gasteiger partial charge in [-0.3, -0.25) is 33.8 Å². The van der Waals surface area contributed by atoms with Gasteiger partial charge in [0.15, 0.2) is 6.04 Å². The SMILES string of the molecule is Cc1cc(CNC(=O)C2N=C3N(CC4(N5CCOCC5)CCC3(NC(=O)C(=O)N(C)C)CC4)C(=O)C2=O)ccc1F. The van der Waals surface area contributed by atoms with E-state index in [9.17, 15) is 28.4 Å². The maximum atomic E-state index is 13.7. The first-order valence-corrected chi connectivity index (χ1v) is 13.8. The second-order valence-electron chi connectivity index (χ2n) is 11.5. The highest BCUT2D eigenvalue weighted by Crippen LogP contribution is 2.45. The van der Waals surface area contributed by atoms with Crippen LogP contribution in [0.4, 0.5) is 4.39 Å². The summed E-state index contributed by atoms with van der Waals surface area (Å²) in [6.07, 6.45) is 1.91. The molecule has 4 amide bonds. The van der Waals surface area contributed by atoms with Crippen LogP contribution < -0.4 is 10.6 Å². The van der Waals surface area contributed by atoms with Crippen molar-refractivity contribution >= 4 is 35.2 Å². The lowest BCUT2D eigenvalue weighted by Gasteiger charge is -2.49. The van der Waals surface area contributed by atoms with Crippen LogP contribution in [0, 0.1) is 12.7 Å². The molecule has 5 aliphatic rings. The van der Waals surface area contributed by atoms with E-state index in [0.717, 1.165) is 4.90 Å². The Bertz CT molecular complexity index is 1310. The van der Waals surface area contributed by atoms with Crippen molar-refractivity contribution in [3.8, 4) is 0 Å². The van der Waals surface area contributed by atoms with Crippen LogP contribution in [-0.2, 0) is 35.3 Å². The van der Waals surface area contributed by atoms with Crippen LogP contribution in [0.1, 0.15) is 36.8 Å². The molecule has 12 nitrogen and oxygen atoms in total. The Morgan fingerprint density at radius 3 is 2.44 bits per heavy atom. The zero-order chi connectivity index (χ0) is 29.5. The quantitative estimate of drug-likeness (QED) is 0.360. The summed E-state index contributed by atoms with van der Waals surface area (Å²) in [7, 11) is 2.93. The Labute approximate surface area is 237 Å². The van der Waals surface area contributed by atoms with Crippen LogP contribution in [0.25, 0.3) is 0 Å². The molecule has 2 N–H and O–H groups in total. The van der Waals surface area contributed by atoms with Gasteiger partial charge in [0, 0.05) is 45.8 Å². The Morgan fingerprint density at radius 2 is 1.80 bits per heavy atom. The number of ether oxygens (including phenoxy) is 1. The third-order valence-corrected chi connectivity index (χ3v) is 8.70. The average molecular weight is 571 g/mol. The number of nitrogens with zero attached hydrogens (tertiary/aromatic N) is 4. The molecule has 1 aromatic carbocycles. The Morgan fingerprint density at radius 1 is 1.12 bits per heavy atom. The lowest BCUT2D eigenvalue weighted by Crippen LogP contribution is -2.65. The van der Waals surface area contributed by atoms with Gasteiger partial charge in [0.25, 0.3) is 17.6 Å². The van der Waals surface area contributed by atoms with Crippen molar-refractivity contribution in [1.29, 1.82) is 0 Å². The molecular formula is C28H35FN6O6. The number of nitrogens with one attached hydrogen (secondary N) is 2. The van der Waals surface area contributed by atoms with Crippen LogP contribution in [0.15, 0.2) is 23.2 Å². The standard InChI is InChI=1S/C28H35FN6O6/c1-17-14-18(4-5-19(17)29)15-30-22(37)20-21(36)24(39)35-16-27(34-10-12-41-13-11-34)6-8-28(9-7-27,26(35)31-20)32-23(38)25(40)33(2)3/h4-5,14,20H,6-13,15-16H2,1-3H3,(H,30,37)(H,32,38). The second-order valence-corrected chi connectivity index (χ2v) is 11.5. The number of carbonyl (C=O) groups is 5. The van der Waals surface area contributed by atoms with Gasteiger partial charge >= 0.3 is 11.8 Å². The predicted molar refractivity (Wildman–Crippen MR) is 144 cm³/mol. The molecule has 1 unspecified atom stereocenters. The molecule has 0 spiro atoms. The molecule has 1 saturated carbocycles. The number of hydrogen-bond acceptors (Lipinski definition) is 8. The Kier molecular flexibility index (Phi) is 7.68. The first-order valence-electron chi connectivity index (χ1n) is 13.8. The number of likely N-dealkylation sites (N-methyl/N-ethyl adjacent to an activating group) is 1. The topological polar surface area (TPSA) is 141 Å². The smallest absolute Gasteiger partial charge is 0.311 e. The van der Waals surface area contributed by atoms with E-state index in [1.165, 1.54) is 31.1 Å². The zero-order valence-electron chi connectivity index (χ0n) is 23.5. The third kappa shape index (κ3) is 5.23. The van der Waals surface area contributed by atoms with E-state index in [1.54, 1.807) is 13.0 Å². The summed E-state index contributed by atoms with van der Waals surface area (Å²) in [6.45, 7) is 4.20. The molecule has 4 fully saturated rings. The van der Waals surface area contributed by atoms with Crippen LogP contribution in [0.2, 0.25) is 0 Å². The minimum absolute atomic E-state index is 0.00580. The largest absolute Gasteiger partial charge is 0.379 e. The molecule has 3 saturated heterocycles. The van der Waals surface area contributed by atoms with Crippen LogP contribution in [-0.4, -0.2) is 114 Å². The van der Waals surface area contributed by atoms with Crippen molar-refractivity contribution in [3.63, 3.8) is 0 Å². The predicted octanol–water partition coefficient (Wildman–Crippen LogP) is -0.469. The first kappa shape index (κ1) is 28.8. The van der Waals surface area contributed by atoms with Gasteiger partial charge in [-0.25, -0.2) is 9.38 Å². The fourth-order valence-corrected chi connectivity index (χ4v) is 6.33. The summed E-state index contributed by atoms with van der Waals surface area (Å²) < 4.78 is 19.2. The van der Waals surface area contributed by atoms with E-state index in [2.05, 4.69) is 20.5 Å². The number of morpholine rings is 1. The van der Waals surface area contributed by atoms with Gasteiger partial charge in [-0.15, -0.1) is 0 Å². The van der Waals surface area contributed by atoms with Gasteiger partial charge in [-0.2, -0.15) is 0 Å². The first-order chi connectivity index (χ1) is 19.5. The van der Waals surface area contributed by atoms with E-state index in [-0.39, 0.29) is 24.7 Å². The summed E-state index contributed by atoms with van der Waals surface area (Å²) in [5, 5.41) is 5.48. The van der Waals surface area contributed by atoms with Crippen molar-refractivity contribution in [1.82, 2.24) is 25.3 Å². The number of aryl methyl sites for hydroxylation is 1. The average Bonchev–Trinajstić information content (AvgIpc) is 3.19. The van der Waals surface area contributed by atoms with Gasteiger partial charge in [-0.1, -0.05) is 12.1 Å². The number of amidine groups is 1. The van der Waals surface area contributed by atoms with Crippen molar-refractivity contribution in [2.75, 3.05) is 46.9 Å². The van der Waals surface area contributed by atoms with E-state index in [4.69, 9.17) is 4.74 Å². The van der Waals surface area contributed by atoms with Gasteiger partial charge < -0.3 is 20.3 Å². The number of aliphatic imine (C=N–C) groups is 1. The minimum atomic E-state index is -1.65. The highest BCUT2D eigenvalue weighted by molar-refractivity contribution is 6.46. The van der Waals surface area contributed by atoms with Crippen molar-refractivity contribution < 1.29 is 33.1 Å². The monoisotopic (exact) mass is 570 g/mol. The molecule has 0 aromatic heterocycles. The molecule has 1 aliphatic carbocycles. The summed E-state index contributed by atoms with van der Waals surface area (Å²) in [5.74, 6) is -4.47. The fourth-order valence-electron chi connectivity index (χ4n) is 6.33. The van der Waals surface area contributed by atoms with Crippen LogP contribution >= 0.6 is 0 Å². The molecule has 13 heteroatoms. The summed E-state index contributed by atoms with van der Waals surface area (Å²) in [5.41, 5.74) is -0.651. The molecule has 2 bridgehead atoms. The fraction of sp³-hybridized carbons (Fsp3) is 0.571. The molecule has 1 atom stereocenters. The van der Waals surface area contributed by atoms with Gasteiger partial charge in [0.1, 0.15) is 11.7 Å². The van der Waals surface area contributed by atoms with E-state index >= 15 is 0 Å². The second kappa shape index (κ2) is 10.9. The molecule has 41 heavy (non-hydrogen) atoms. The molecular weight excluding hydrogens is 535 g/mol. The molecule has 220 valence electrons. The lowest BCUT2D eigenvalue weighted by molar-refractivity contribution is -0.147. The highest BCUT2D eigenvalue weighted by Gasteiger charge is 2.59. The minimum Gasteiger partial charge on any atom is -0.379 e. The molecule has 4 heterocycles. The number of ketones is 1. The van der Waals surface area contributed by atoms with Gasteiger partial charge in [0.05, 0.1) is 18.8 Å². The van der Waals surface area contributed by atoms with Crippen LogP contribution in [0.5, 0.6) is 0 Å². The number of fused-ring (bicyclic) bond motifs is 2. The molecule has 6 rings (SSSR count). The van der Waals surface area contributed by atoms with Gasteiger partial charge in [-0.05, 0) is 49.8 Å². The van der Waals surface area contributed by atoms with Crippen LogP contribution in [0.3, 0.4) is 0 Å². The van der Waals surface area contributed by atoms with Crippen molar-refractivity contribution in [3.05, 3.63) is 35.1 Å². The highest BCUT2D eigenvalue weighted by atomic mass is 19.1. The Balaban J connectivity index is 1.48. The van der Waals surface area contributed by atoms with Crippen molar-refractivity contribution in [2.24, 2.45) is 4.99 Å². The molecule has 4 aliphatic heterocycles. The number of amides is 4. The number of rotatable bonds is 5. The summed E-state index contributed by atoms with van der Waals surface area (Å²) >= 11 is 0. The summed E-state index contributed by atoms with van der Waals surface area (Å²) in [6, 6.07) is 2.74. The number of halogens is 1. The van der Waals surface area contributed by atoms with E-state index < -0.39 is 46.5 Å². The van der Waals surface area contributed by atoms with Gasteiger partial charge in [0.2, 0.25) is 0 Å². The number of benzene rings is 1. The maximum absolute atomic E-state index is 13.7. The zero-order valence-corrected chi connectivity index (χ0v) is 23.5. The number of hydrogen-bond donors (Lipinski definition) is 2. The lowest BCUT2D eigenvalue weighted by atomic mass is 9.72. The van der Waals surface area contributed by atoms with E-state index in [0.29, 0.717) is 63.1 Å². The van der Waals surface area contributed by atoms with Crippen molar-refractivity contribution in [2.45, 2.75) is 56.3 Å².